The minimum absolute atomic E-state index is 0.0728. The summed E-state index contributed by atoms with van der Waals surface area (Å²) >= 11 is 3.23. The van der Waals surface area contributed by atoms with E-state index in [-0.39, 0.29) is 5.91 Å². The summed E-state index contributed by atoms with van der Waals surface area (Å²) in [4.78, 5) is 17.0. The van der Waals surface area contributed by atoms with Gasteiger partial charge < -0.3 is 15.0 Å². The molecule has 0 aliphatic carbocycles. The molecule has 1 amide bonds. The molecule has 4 nitrogen and oxygen atoms in total. The SMILES string of the molecule is CCOc1cccc(Sc2ccc(C(=O)N[C@H]3CN4CCC3CC4)s2)c1. The molecule has 3 aliphatic rings. The molecule has 5 rings (SSSR count). The zero-order valence-corrected chi connectivity index (χ0v) is 16.6. The maximum absolute atomic E-state index is 12.6. The van der Waals surface area contributed by atoms with E-state index >= 15 is 0 Å². The first kappa shape index (κ1) is 17.9. The summed E-state index contributed by atoms with van der Waals surface area (Å²) in [5.41, 5.74) is 0. The molecule has 1 N–H and O–H groups in total. The van der Waals surface area contributed by atoms with Gasteiger partial charge in [0.05, 0.1) is 15.7 Å². The Morgan fingerprint density at radius 3 is 2.88 bits per heavy atom. The second kappa shape index (κ2) is 8.03. The molecule has 6 heteroatoms. The van der Waals surface area contributed by atoms with Crippen LogP contribution in [0.5, 0.6) is 5.75 Å². The second-order valence-electron chi connectivity index (χ2n) is 6.85. The van der Waals surface area contributed by atoms with E-state index in [2.05, 4.69) is 16.3 Å². The Bertz CT molecular complexity index is 769. The second-order valence-corrected chi connectivity index (χ2v) is 9.30. The number of carbonyl (C=O) groups excluding carboxylic acids is 1. The molecule has 1 aromatic heterocycles. The van der Waals surface area contributed by atoms with Gasteiger partial charge >= 0.3 is 0 Å². The van der Waals surface area contributed by atoms with Crippen LogP contribution in [0.2, 0.25) is 0 Å². The summed E-state index contributed by atoms with van der Waals surface area (Å²) in [6.07, 6.45) is 2.43. The third-order valence-corrected chi connectivity index (χ3v) is 7.32. The van der Waals surface area contributed by atoms with Gasteiger partial charge in [-0.1, -0.05) is 17.8 Å². The van der Waals surface area contributed by atoms with Crippen LogP contribution in [-0.2, 0) is 0 Å². The van der Waals surface area contributed by atoms with E-state index in [9.17, 15) is 4.79 Å². The molecule has 1 atom stereocenters. The van der Waals surface area contributed by atoms with Gasteiger partial charge in [0.2, 0.25) is 0 Å². The lowest BCUT2D eigenvalue weighted by Crippen LogP contribution is -2.57. The monoisotopic (exact) mass is 388 g/mol. The van der Waals surface area contributed by atoms with Crippen molar-refractivity contribution in [2.24, 2.45) is 5.92 Å². The largest absolute Gasteiger partial charge is 0.494 e. The predicted molar refractivity (Wildman–Crippen MR) is 106 cm³/mol. The Kier molecular flexibility index (Phi) is 5.52. The highest BCUT2D eigenvalue weighted by Gasteiger charge is 2.35. The average Bonchev–Trinajstić information content (AvgIpc) is 3.12. The van der Waals surface area contributed by atoms with Crippen molar-refractivity contribution in [1.82, 2.24) is 10.2 Å². The van der Waals surface area contributed by atoms with Crippen LogP contribution in [0.3, 0.4) is 0 Å². The molecule has 138 valence electrons. The Balaban J connectivity index is 1.38. The van der Waals surface area contributed by atoms with Crippen LogP contribution in [0.4, 0.5) is 0 Å². The minimum Gasteiger partial charge on any atom is -0.494 e. The van der Waals surface area contributed by atoms with Gasteiger partial charge in [-0.2, -0.15) is 0 Å². The predicted octanol–water partition coefficient (Wildman–Crippen LogP) is 4.12. The molecule has 0 unspecified atom stereocenters. The number of rotatable bonds is 6. The number of thiophene rings is 1. The number of nitrogens with one attached hydrogen (secondary N) is 1. The van der Waals surface area contributed by atoms with Gasteiger partial charge in [-0.05, 0) is 69.1 Å². The van der Waals surface area contributed by atoms with E-state index < -0.39 is 0 Å². The summed E-state index contributed by atoms with van der Waals surface area (Å²) in [6, 6.07) is 12.4. The van der Waals surface area contributed by atoms with Crippen LogP contribution >= 0.6 is 23.1 Å². The highest BCUT2D eigenvalue weighted by molar-refractivity contribution is 8.01. The van der Waals surface area contributed by atoms with Crippen LogP contribution < -0.4 is 10.1 Å². The number of hydrogen-bond donors (Lipinski definition) is 1. The van der Waals surface area contributed by atoms with Crippen LogP contribution in [0.1, 0.15) is 29.4 Å². The van der Waals surface area contributed by atoms with Crippen molar-refractivity contribution in [3.05, 3.63) is 41.3 Å². The van der Waals surface area contributed by atoms with Crippen molar-refractivity contribution in [3.63, 3.8) is 0 Å². The lowest BCUT2D eigenvalue weighted by Gasteiger charge is -2.44. The highest BCUT2D eigenvalue weighted by Crippen LogP contribution is 2.35. The van der Waals surface area contributed by atoms with Gasteiger partial charge in [0, 0.05) is 17.5 Å². The van der Waals surface area contributed by atoms with Gasteiger partial charge in [-0.15, -0.1) is 11.3 Å². The first-order valence-electron chi connectivity index (χ1n) is 9.25. The van der Waals surface area contributed by atoms with E-state index in [1.54, 1.807) is 23.1 Å². The van der Waals surface area contributed by atoms with E-state index in [4.69, 9.17) is 4.74 Å². The Morgan fingerprint density at radius 2 is 2.15 bits per heavy atom. The maximum atomic E-state index is 12.6. The quantitative estimate of drug-likeness (QED) is 0.808. The Labute approximate surface area is 162 Å². The first-order valence-corrected chi connectivity index (χ1v) is 10.9. The maximum Gasteiger partial charge on any atom is 0.261 e. The fourth-order valence-corrected chi connectivity index (χ4v) is 5.83. The van der Waals surface area contributed by atoms with Gasteiger partial charge in [0.1, 0.15) is 5.75 Å². The zero-order valence-electron chi connectivity index (χ0n) is 14.9. The smallest absolute Gasteiger partial charge is 0.261 e. The Morgan fingerprint density at radius 1 is 1.31 bits per heavy atom. The number of ether oxygens (including phenoxy) is 1. The number of piperidine rings is 3. The summed E-state index contributed by atoms with van der Waals surface area (Å²) in [5, 5.41) is 3.27. The summed E-state index contributed by atoms with van der Waals surface area (Å²) in [7, 11) is 0. The van der Waals surface area contributed by atoms with E-state index in [0.717, 1.165) is 26.3 Å². The molecule has 3 aliphatic heterocycles. The number of hydrogen-bond acceptors (Lipinski definition) is 5. The van der Waals surface area contributed by atoms with Crippen molar-refractivity contribution in [1.29, 1.82) is 0 Å². The molecule has 2 bridgehead atoms. The fraction of sp³-hybridized carbons (Fsp3) is 0.450. The fourth-order valence-electron chi connectivity index (χ4n) is 3.78. The van der Waals surface area contributed by atoms with E-state index in [1.807, 2.05) is 37.3 Å². The molecule has 4 heterocycles. The van der Waals surface area contributed by atoms with E-state index in [1.165, 1.54) is 25.9 Å². The number of nitrogens with zero attached hydrogens (tertiary/aromatic N) is 1. The van der Waals surface area contributed by atoms with Crippen molar-refractivity contribution < 1.29 is 9.53 Å². The zero-order chi connectivity index (χ0) is 17.9. The van der Waals surface area contributed by atoms with Crippen LogP contribution in [0, 0.1) is 5.92 Å². The average molecular weight is 389 g/mol. The Hall–Kier alpha value is -1.50. The number of carbonyl (C=O) groups is 1. The summed E-state index contributed by atoms with van der Waals surface area (Å²) in [6.45, 7) is 6.04. The minimum atomic E-state index is 0.0728. The molecule has 0 saturated carbocycles. The number of fused-ring (bicyclic) bond motifs is 3. The molecule has 3 saturated heterocycles. The van der Waals surface area contributed by atoms with Gasteiger partial charge in [0.15, 0.2) is 0 Å². The van der Waals surface area contributed by atoms with Crippen molar-refractivity contribution in [3.8, 4) is 5.75 Å². The van der Waals surface area contributed by atoms with Crippen LogP contribution in [0.15, 0.2) is 45.5 Å². The standard InChI is InChI=1S/C20H24N2O2S2/c1-2-24-15-4-3-5-16(12-15)25-19-7-6-18(26-19)20(23)21-17-13-22-10-8-14(17)9-11-22/h3-7,12,14,17H,2,8-11,13H2,1H3,(H,21,23)/t17-/m0/s1. The molecule has 26 heavy (non-hydrogen) atoms. The first-order chi connectivity index (χ1) is 12.7. The summed E-state index contributed by atoms with van der Waals surface area (Å²) in [5.74, 6) is 1.61. The molecular weight excluding hydrogens is 364 g/mol. The van der Waals surface area contributed by atoms with Crippen molar-refractivity contribution >= 4 is 29.0 Å². The highest BCUT2D eigenvalue weighted by atomic mass is 32.2. The van der Waals surface area contributed by atoms with Crippen LogP contribution in [-0.4, -0.2) is 43.1 Å². The lowest BCUT2D eigenvalue weighted by molar-refractivity contribution is 0.0622. The normalized spacial score (nSPS) is 24.4. The molecule has 3 fully saturated rings. The number of amides is 1. The van der Waals surface area contributed by atoms with E-state index in [0.29, 0.717) is 18.6 Å². The molecule has 0 spiro atoms. The van der Waals surface area contributed by atoms with Gasteiger partial charge in [0.25, 0.3) is 5.91 Å². The molecule has 0 radical (unpaired) electrons. The van der Waals surface area contributed by atoms with Gasteiger partial charge in [-0.25, -0.2) is 0 Å². The van der Waals surface area contributed by atoms with Crippen molar-refractivity contribution in [2.75, 3.05) is 26.2 Å². The lowest BCUT2D eigenvalue weighted by atomic mass is 9.84. The summed E-state index contributed by atoms with van der Waals surface area (Å²) < 4.78 is 6.68. The molecular formula is C20H24N2O2S2. The topological polar surface area (TPSA) is 41.6 Å². The number of benzene rings is 1. The third-order valence-electron chi connectivity index (χ3n) is 5.11. The third kappa shape index (κ3) is 4.08. The molecule has 1 aromatic carbocycles. The van der Waals surface area contributed by atoms with Crippen molar-refractivity contribution in [2.45, 2.75) is 34.9 Å². The van der Waals surface area contributed by atoms with Crippen LogP contribution in [0.25, 0.3) is 0 Å². The molecule has 2 aromatic rings. The van der Waals surface area contributed by atoms with Gasteiger partial charge in [-0.3, -0.25) is 4.79 Å².